The minimum atomic E-state index is -3.77. The fourth-order valence-corrected chi connectivity index (χ4v) is 6.99. The number of nitrogens with zero attached hydrogens (tertiary/aromatic N) is 2. The summed E-state index contributed by atoms with van der Waals surface area (Å²) in [7, 11) is -7.53. The van der Waals surface area contributed by atoms with Crippen molar-refractivity contribution >= 4 is 20.0 Å². The van der Waals surface area contributed by atoms with Gasteiger partial charge < -0.3 is 23.7 Å². The standard InChI is InChI=1S/C29H44N2O9S2/c1-4-36-23-27-24-39-19-15-30(41(32,33)28-9-5-25(2)6-10-28)13-17-37-21-22-38-18-14-31(16-20-40-27)42(34,35)29-11-7-26(3)8-12-29/h5-12,27H,4,13-24H2,1-3H3. The smallest absolute Gasteiger partial charge is 0.243 e. The first-order valence-corrected chi connectivity index (χ1v) is 17.1. The topological polar surface area (TPSA) is 121 Å². The van der Waals surface area contributed by atoms with Gasteiger partial charge >= 0.3 is 0 Å². The van der Waals surface area contributed by atoms with Gasteiger partial charge in [0.05, 0.1) is 62.6 Å². The van der Waals surface area contributed by atoms with Gasteiger partial charge in [-0.15, -0.1) is 0 Å². The van der Waals surface area contributed by atoms with Gasteiger partial charge in [0, 0.05) is 32.8 Å². The number of rotatable bonds is 7. The van der Waals surface area contributed by atoms with Gasteiger partial charge in [0.2, 0.25) is 20.0 Å². The Bertz CT molecular complexity index is 1270. The van der Waals surface area contributed by atoms with Crippen LogP contribution in [0.15, 0.2) is 58.3 Å². The Balaban J connectivity index is 1.69. The Kier molecular flexibility index (Phi) is 14.3. The van der Waals surface area contributed by atoms with Crippen LogP contribution in [0.2, 0.25) is 0 Å². The van der Waals surface area contributed by atoms with E-state index in [2.05, 4.69) is 0 Å². The van der Waals surface area contributed by atoms with E-state index in [1.807, 2.05) is 20.8 Å². The second kappa shape index (κ2) is 17.4. The molecule has 1 heterocycles. The highest BCUT2D eigenvalue weighted by molar-refractivity contribution is 7.89. The molecule has 0 aromatic heterocycles. The molecule has 236 valence electrons. The lowest BCUT2D eigenvalue weighted by molar-refractivity contribution is -0.0612. The highest BCUT2D eigenvalue weighted by Crippen LogP contribution is 2.18. The summed E-state index contributed by atoms with van der Waals surface area (Å²) in [5.74, 6) is 0. The molecule has 0 aliphatic carbocycles. The van der Waals surface area contributed by atoms with Gasteiger partial charge in [0.15, 0.2) is 0 Å². The van der Waals surface area contributed by atoms with Crippen molar-refractivity contribution in [1.29, 1.82) is 0 Å². The summed E-state index contributed by atoms with van der Waals surface area (Å²) in [5, 5.41) is 0. The summed E-state index contributed by atoms with van der Waals surface area (Å²) in [6, 6.07) is 13.5. The Morgan fingerprint density at radius 3 is 1.55 bits per heavy atom. The van der Waals surface area contributed by atoms with Crippen LogP contribution >= 0.6 is 0 Å². The van der Waals surface area contributed by atoms with Crippen LogP contribution in [0.5, 0.6) is 0 Å². The predicted molar refractivity (Wildman–Crippen MR) is 159 cm³/mol. The number of aryl methyl sites for hydroxylation is 2. The first kappa shape index (κ1) is 34.5. The highest BCUT2D eigenvalue weighted by atomic mass is 32.2. The molecule has 13 heteroatoms. The van der Waals surface area contributed by atoms with Gasteiger partial charge in [-0.2, -0.15) is 8.61 Å². The molecule has 1 saturated heterocycles. The van der Waals surface area contributed by atoms with E-state index in [9.17, 15) is 16.8 Å². The molecule has 0 N–H and O–H groups in total. The van der Waals surface area contributed by atoms with E-state index in [4.69, 9.17) is 23.7 Å². The van der Waals surface area contributed by atoms with Crippen LogP contribution in [0.25, 0.3) is 0 Å². The van der Waals surface area contributed by atoms with Crippen molar-refractivity contribution < 1.29 is 40.5 Å². The van der Waals surface area contributed by atoms with Gasteiger partial charge in [0.1, 0.15) is 6.10 Å². The maximum Gasteiger partial charge on any atom is 0.243 e. The zero-order valence-electron chi connectivity index (χ0n) is 24.8. The van der Waals surface area contributed by atoms with Crippen LogP contribution in [0, 0.1) is 13.8 Å². The SMILES string of the molecule is CCOCC1COCCN(S(=O)(=O)c2ccc(C)cc2)CCOCCOCCN(S(=O)(=O)c2ccc(C)cc2)CCO1. The maximum atomic E-state index is 13.4. The third-order valence-electron chi connectivity index (χ3n) is 6.65. The summed E-state index contributed by atoms with van der Waals surface area (Å²) in [6.45, 7) is 8.12. The summed E-state index contributed by atoms with van der Waals surface area (Å²) in [5.41, 5.74) is 1.94. The number of benzene rings is 2. The Morgan fingerprint density at radius 1 is 0.667 bits per heavy atom. The van der Waals surface area contributed by atoms with E-state index in [0.717, 1.165) is 11.1 Å². The molecule has 1 aliphatic heterocycles. The minimum Gasteiger partial charge on any atom is -0.379 e. The number of hydrogen-bond donors (Lipinski definition) is 0. The quantitative estimate of drug-likeness (QED) is 0.455. The van der Waals surface area contributed by atoms with Crippen molar-refractivity contribution in [3.8, 4) is 0 Å². The molecule has 0 radical (unpaired) electrons. The normalized spacial score (nSPS) is 20.5. The largest absolute Gasteiger partial charge is 0.379 e. The molecule has 0 bridgehead atoms. The van der Waals surface area contributed by atoms with E-state index in [-0.39, 0.29) is 88.8 Å². The lowest BCUT2D eigenvalue weighted by Gasteiger charge is -2.25. The fourth-order valence-electron chi connectivity index (χ4n) is 4.17. The molecule has 0 saturated carbocycles. The molecule has 2 aromatic rings. The summed E-state index contributed by atoms with van der Waals surface area (Å²) >= 11 is 0. The highest BCUT2D eigenvalue weighted by Gasteiger charge is 2.26. The van der Waals surface area contributed by atoms with E-state index in [1.54, 1.807) is 48.5 Å². The second-order valence-electron chi connectivity index (χ2n) is 9.89. The molecule has 3 rings (SSSR count). The molecular weight excluding hydrogens is 584 g/mol. The van der Waals surface area contributed by atoms with Crippen molar-refractivity contribution in [1.82, 2.24) is 8.61 Å². The molecule has 1 fully saturated rings. The van der Waals surface area contributed by atoms with Crippen LogP contribution in [-0.2, 0) is 43.7 Å². The Hall–Kier alpha value is -1.94. The van der Waals surface area contributed by atoms with E-state index >= 15 is 0 Å². The van der Waals surface area contributed by atoms with E-state index in [0.29, 0.717) is 6.61 Å². The van der Waals surface area contributed by atoms with Gasteiger partial charge in [-0.1, -0.05) is 35.4 Å². The third-order valence-corrected chi connectivity index (χ3v) is 10.5. The lowest BCUT2D eigenvalue weighted by Crippen LogP contribution is -2.39. The van der Waals surface area contributed by atoms with Crippen molar-refractivity contribution in [3.05, 3.63) is 59.7 Å². The molecule has 1 unspecified atom stereocenters. The zero-order valence-corrected chi connectivity index (χ0v) is 26.4. The average Bonchev–Trinajstić information content (AvgIpc) is 2.96. The van der Waals surface area contributed by atoms with Gasteiger partial charge in [-0.25, -0.2) is 16.8 Å². The summed E-state index contributed by atoms with van der Waals surface area (Å²) < 4.78 is 84.9. The number of ether oxygens (including phenoxy) is 5. The Morgan fingerprint density at radius 2 is 1.10 bits per heavy atom. The number of sulfonamides is 2. The maximum absolute atomic E-state index is 13.4. The molecule has 2 aromatic carbocycles. The van der Waals surface area contributed by atoms with Gasteiger partial charge in [-0.05, 0) is 45.0 Å². The predicted octanol–water partition coefficient (Wildman–Crippen LogP) is 2.47. The second-order valence-corrected chi connectivity index (χ2v) is 13.8. The minimum absolute atomic E-state index is 0.112. The van der Waals surface area contributed by atoms with E-state index < -0.39 is 26.2 Å². The first-order chi connectivity index (χ1) is 20.1. The number of hydrogen-bond acceptors (Lipinski definition) is 9. The van der Waals surface area contributed by atoms with Gasteiger partial charge in [-0.3, -0.25) is 0 Å². The molecular formula is C29H44N2O9S2. The molecule has 1 aliphatic rings. The summed E-state index contributed by atoms with van der Waals surface area (Å²) in [4.78, 5) is 0.416. The van der Waals surface area contributed by atoms with Crippen LogP contribution < -0.4 is 0 Å². The third kappa shape index (κ3) is 10.6. The van der Waals surface area contributed by atoms with Crippen LogP contribution in [0.1, 0.15) is 18.1 Å². The molecule has 42 heavy (non-hydrogen) atoms. The monoisotopic (exact) mass is 628 g/mol. The van der Waals surface area contributed by atoms with Crippen LogP contribution in [-0.4, -0.2) is 117 Å². The Labute approximate surface area is 250 Å². The summed E-state index contributed by atoms with van der Waals surface area (Å²) in [6.07, 6.45) is -0.463. The fraction of sp³-hybridized carbons (Fsp3) is 0.586. The van der Waals surface area contributed by atoms with Crippen molar-refractivity contribution in [3.63, 3.8) is 0 Å². The van der Waals surface area contributed by atoms with Gasteiger partial charge in [0.25, 0.3) is 0 Å². The molecule has 11 nitrogen and oxygen atoms in total. The molecule has 0 amide bonds. The van der Waals surface area contributed by atoms with Crippen LogP contribution in [0.4, 0.5) is 0 Å². The first-order valence-electron chi connectivity index (χ1n) is 14.2. The lowest BCUT2D eigenvalue weighted by atomic mass is 10.2. The van der Waals surface area contributed by atoms with Crippen molar-refractivity contribution in [2.75, 3.05) is 85.6 Å². The molecule has 0 spiro atoms. The zero-order chi connectivity index (χ0) is 30.4. The van der Waals surface area contributed by atoms with E-state index in [1.165, 1.54) is 8.61 Å². The molecule has 1 atom stereocenters. The van der Waals surface area contributed by atoms with Crippen LogP contribution in [0.3, 0.4) is 0 Å². The van der Waals surface area contributed by atoms with Crippen molar-refractivity contribution in [2.45, 2.75) is 36.7 Å². The average molecular weight is 629 g/mol. The van der Waals surface area contributed by atoms with Crippen molar-refractivity contribution in [2.24, 2.45) is 0 Å².